The van der Waals surface area contributed by atoms with E-state index >= 15 is 0 Å². The molecule has 0 bridgehead atoms. The lowest BCUT2D eigenvalue weighted by molar-refractivity contribution is -0.137. The fourth-order valence-electron chi connectivity index (χ4n) is 1.50. The third kappa shape index (κ3) is 3.47. The van der Waals surface area contributed by atoms with E-state index in [9.17, 15) is 13.2 Å². The van der Waals surface area contributed by atoms with Gasteiger partial charge in [0.25, 0.3) is 0 Å². The summed E-state index contributed by atoms with van der Waals surface area (Å²) in [4.78, 5) is 4.26. The predicted octanol–water partition coefficient (Wildman–Crippen LogP) is 4.91. The summed E-state index contributed by atoms with van der Waals surface area (Å²) < 4.78 is 38.1. The summed E-state index contributed by atoms with van der Waals surface area (Å²) in [6, 6.07) is 8.40. The van der Waals surface area contributed by atoms with Gasteiger partial charge in [0.1, 0.15) is 5.82 Å². The van der Waals surface area contributed by atoms with Crippen LogP contribution in [0.5, 0.6) is 0 Å². The second kappa shape index (κ2) is 5.21. The Hall–Kier alpha value is -1.56. The number of nitrogens with zero attached hydrogens (tertiary/aromatic N) is 1. The Kier molecular flexibility index (Phi) is 3.80. The molecule has 2 nitrogen and oxygen atoms in total. The van der Waals surface area contributed by atoms with Crippen LogP contribution in [0.1, 0.15) is 11.3 Å². The molecule has 100 valence electrons. The van der Waals surface area contributed by atoms with Crippen LogP contribution >= 0.6 is 15.9 Å². The van der Waals surface area contributed by atoms with Crippen LogP contribution in [0, 0.1) is 6.92 Å². The van der Waals surface area contributed by atoms with E-state index in [1.807, 2.05) is 13.0 Å². The molecule has 0 saturated carbocycles. The van der Waals surface area contributed by atoms with Crippen molar-refractivity contribution in [2.75, 3.05) is 5.32 Å². The molecule has 2 rings (SSSR count). The number of aromatic nitrogens is 1. The molecule has 0 aliphatic carbocycles. The Labute approximate surface area is 116 Å². The molecule has 1 N–H and O–H groups in total. The monoisotopic (exact) mass is 330 g/mol. The largest absolute Gasteiger partial charge is 0.416 e. The highest BCUT2D eigenvalue weighted by Crippen LogP contribution is 2.30. The third-order valence-electron chi connectivity index (χ3n) is 2.51. The summed E-state index contributed by atoms with van der Waals surface area (Å²) >= 11 is 3.33. The molecule has 6 heteroatoms. The smallest absolute Gasteiger partial charge is 0.340 e. The molecule has 1 aromatic heterocycles. The highest BCUT2D eigenvalue weighted by atomic mass is 79.9. The highest BCUT2D eigenvalue weighted by molar-refractivity contribution is 9.10. The van der Waals surface area contributed by atoms with Gasteiger partial charge in [-0.1, -0.05) is 0 Å². The van der Waals surface area contributed by atoms with Gasteiger partial charge in [-0.05, 0) is 59.3 Å². The number of hydrogen-bond acceptors (Lipinski definition) is 2. The van der Waals surface area contributed by atoms with Gasteiger partial charge in [0.15, 0.2) is 0 Å². The zero-order valence-electron chi connectivity index (χ0n) is 9.92. The Bertz CT molecular complexity index is 579. The number of halogens is 4. The van der Waals surface area contributed by atoms with E-state index in [1.165, 1.54) is 12.1 Å². The molecule has 0 amide bonds. The molecule has 0 aliphatic heterocycles. The molecule has 0 fully saturated rings. The van der Waals surface area contributed by atoms with Gasteiger partial charge in [-0.15, -0.1) is 0 Å². The Morgan fingerprint density at radius 1 is 1.05 bits per heavy atom. The molecule has 0 atom stereocenters. The molecule has 19 heavy (non-hydrogen) atoms. The van der Waals surface area contributed by atoms with Gasteiger partial charge in [0.2, 0.25) is 0 Å². The Morgan fingerprint density at radius 3 is 2.21 bits per heavy atom. The zero-order chi connectivity index (χ0) is 14.0. The molecule has 1 aromatic carbocycles. The minimum atomic E-state index is -4.31. The van der Waals surface area contributed by atoms with Gasteiger partial charge >= 0.3 is 6.18 Å². The van der Waals surface area contributed by atoms with Crippen molar-refractivity contribution in [3.8, 4) is 0 Å². The first-order valence-corrected chi connectivity index (χ1v) is 6.23. The maximum atomic E-state index is 12.4. The van der Waals surface area contributed by atoms with Crippen molar-refractivity contribution in [2.45, 2.75) is 13.1 Å². The predicted molar refractivity (Wildman–Crippen MR) is 71.4 cm³/mol. The van der Waals surface area contributed by atoms with Gasteiger partial charge in [-0.25, -0.2) is 4.98 Å². The SMILES string of the molecule is Cc1nc(Nc2ccc(C(F)(F)F)cc2)ccc1Br. The number of pyridine rings is 1. The maximum Gasteiger partial charge on any atom is 0.416 e. The zero-order valence-corrected chi connectivity index (χ0v) is 11.5. The van der Waals surface area contributed by atoms with Gasteiger partial charge in [-0.2, -0.15) is 13.2 Å². The first-order chi connectivity index (χ1) is 8.86. The molecule has 1 heterocycles. The number of hydrogen-bond donors (Lipinski definition) is 1. The van der Waals surface area contributed by atoms with Crippen LogP contribution in [-0.4, -0.2) is 4.98 Å². The second-order valence-corrected chi connectivity index (χ2v) is 4.82. The molecule has 0 saturated heterocycles. The van der Waals surface area contributed by atoms with Crippen molar-refractivity contribution in [1.29, 1.82) is 0 Å². The number of anilines is 2. The van der Waals surface area contributed by atoms with Crippen molar-refractivity contribution in [3.05, 3.63) is 52.1 Å². The number of alkyl halides is 3. The van der Waals surface area contributed by atoms with Crippen molar-refractivity contribution in [2.24, 2.45) is 0 Å². The van der Waals surface area contributed by atoms with E-state index < -0.39 is 11.7 Å². The molecular weight excluding hydrogens is 321 g/mol. The van der Waals surface area contributed by atoms with Crippen LogP contribution < -0.4 is 5.32 Å². The first-order valence-electron chi connectivity index (χ1n) is 5.44. The van der Waals surface area contributed by atoms with Crippen molar-refractivity contribution in [3.63, 3.8) is 0 Å². The van der Waals surface area contributed by atoms with Crippen LogP contribution in [0.15, 0.2) is 40.9 Å². The van der Waals surface area contributed by atoms with Crippen LogP contribution in [0.3, 0.4) is 0 Å². The van der Waals surface area contributed by atoms with E-state index in [0.717, 1.165) is 22.3 Å². The number of rotatable bonds is 2. The summed E-state index contributed by atoms with van der Waals surface area (Å²) in [7, 11) is 0. The van der Waals surface area contributed by atoms with E-state index in [0.29, 0.717) is 11.5 Å². The number of nitrogens with one attached hydrogen (secondary N) is 1. The summed E-state index contributed by atoms with van der Waals surface area (Å²) in [5.74, 6) is 0.584. The van der Waals surface area contributed by atoms with Crippen LogP contribution in [-0.2, 0) is 6.18 Å². The Balaban J connectivity index is 2.17. The fourth-order valence-corrected chi connectivity index (χ4v) is 1.72. The van der Waals surface area contributed by atoms with Crippen LogP contribution in [0.25, 0.3) is 0 Å². The van der Waals surface area contributed by atoms with E-state index in [2.05, 4.69) is 26.2 Å². The van der Waals surface area contributed by atoms with Gasteiger partial charge in [0, 0.05) is 10.2 Å². The quantitative estimate of drug-likeness (QED) is 0.845. The topological polar surface area (TPSA) is 24.9 Å². The third-order valence-corrected chi connectivity index (χ3v) is 3.34. The molecule has 0 radical (unpaired) electrons. The van der Waals surface area contributed by atoms with Crippen molar-refractivity contribution >= 4 is 27.4 Å². The summed E-state index contributed by atoms with van der Waals surface area (Å²) in [5.41, 5.74) is 0.692. The highest BCUT2D eigenvalue weighted by Gasteiger charge is 2.29. The average Bonchev–Trinajstić information content (AvgIpc) is 2.33. The van der Waals surface area contributed by atoms with E-state index in [1.54, 1.807) is 6.07 Å². The average molecular weight is 331 g/mol. The van der Waals surface area contributed by atoms with Crippen molar-refractivity contribution < 1.29 is 13.2 Å². The minimum absolute atomic E-state index is 0.558. The standard InChI is InChI=1S/C13H10BrF3N2/c1-8-11(14)6-7-12(18-8)19-10-4-2-9(3-5-10)13(15,16)17/h2-7H,1H3,(H,18,19). The number of benzene rings is 1. The summed E-state index contributed by atoms with van der Waals surface area (Å²) in [6.45, 7) is 1.84. The van der Waals surface area contributed by atoms with Gasteiger partial charge in [0.05, 0.1) is 11.3 Å². The lowest BCUT2D eigenvalue weighted by atomic mass is 10.2. The number of aryl methyl sites for hydroxylation is 1. The molecule has 0 spiro atoms. The van der Waals surface area contributed by atoms with Gasteiger partial charge < -0.3 is 5.32 Å². The maximum absolute atomic E-state index is 12.4. The second-order valence-electron chi connectivity index (χ2n) is 3.96. The minimum Gasteiger partial charge on any atom is -0.340 e. The lowest BCUT2D eigenvalue weighted by Gasteiger charge is -2.09. The molecule has 2 aromatic rings. The first kappa shape index (κ1) is 13.9. The lowest BCUT2D eigenvalue weighted by Crippen LogP contribution is -2.04. The van der Waals surface area contributed by atoms with Gasteiger partial charge in [-0.3, -0.25) is 0 Å². The van der Waals surface area contributed by atoms with Crippen molar-refractivity contribution in [1.82, 2.24) is 4.98 Å². The summed E-state index contributed by atoms with van der Waals surface area (Å²) in [5, 5.41) is 2.95. The Morgan fingerprint density at radius 2 is 1.68 bits per heavy atom. The van der Waals surface area contributed by atoms with E-state index in [-0.39, 0.29) is 0 Å². The normalized spacial score (nSPS) is 11.4. The molecular formula is C13H10BrF3N2. The van der Waals surface area contributed by atoms with Crippen LogP contribution in [0.4, 0.5) is 24.7 Å². The van der Waals surface area contributed by atoms with E-state index in [4.69, 9.17) is 0 Å². The molecule has 0 aliphatic rings. The summed E-state index contributed by atoms with van der Waals surface area (Å²) in [6.07, 6.45) is -4.31. The fraction of sp³-hybridized carbons (Fsp3) is 0.154. The van der Waals surface area contributed by atoms with Crippen LogP contribution in [0.2, 0.25) is 0 Å². The molecule has 0 unspecified atom stereocenters.